The van der Waals surface area contributed by atoms with Gasteiger partial charge in [-0.05, 0) is 57.4 Å². The number of fused-ring (bicyclic) bond motifs is 1. The van der Waals surface area contributed by atoms with Gasteiger partial charge in [-0.1, -0.05) is 38.3 Å². The molecule has 1 fully saturated rings. The highest BCUT2D eigenvalue weighted by Gasteiger charge is 2.21. The van der Waals surface area contributed by atoms with Gasteiger partial charge in [0.25, 0.3) is 5.91 Å². The molecule has 2 heterocycles. The third kappa shape index (κ3) is 4.98. The van der Waals surface area contributed by atoms with E-state index >= 15 is 0 Å². The van der Waals surface area contributed by atoms with Gasteiger partial charge >= 0.3 is 0 Å². The molecule has 0 unspecified atom stereocenters. The van der Waals surface area contributed by atoms with Crippen LogP contribution in [0.1, 0.15) is 69.7 Å². The van der Waals surface area contributed by atoms with Crippen LogP contribution in [0.5, 0.6) is 5.88 Å². The Labute approximate surface area is 188 Å². The SMILES string of the molecule is CCC(C)(C)Oc1nc(N)nc2ccc(-c3ccc(C(=O)NC4CCCCC4)cc3)nc12. The Kier molecular flexibility index (Phi) is 6.26. The van der Waals surface area contributed by atoms with E-state index in [1.165, 1.54) is 19.3 Å². The fourth-order valence-electron chi connectivity index (χ4n) is 3.88. The number of rotatable bonds is 6. The molecule has 0 atom stereocenters. The van der Waals surface area contributed by atoms with Gasteiger partial charge in [0.1, 0.15) is 5.60 Å². The van der Waals surface area contributed by atoms with Gasteiger partial charge in [0.05, 0.1) is 11.2 Å². The summed E-state index contributed by atoms with van der Waals surface area (Å²) in [6, 6.07) is 11.6. The lowest BCUT2D eigenvalue weighted by Crippen LogP contribution is -2.36. The topological polar surface area (TPSA) is 103 Å². The van der Waals surface area contributed by atoms with E-state index in [4.69, 9.17) is 15.5 Å². The normalized spacial score (nSPS) is 15.0. The highest BCUT2D eigenvalue weighted by Crippen LogP contribution is 2.29. The van der Waals surface area contributed by atoms with Crippen molar-refractivity contribution in [3.05, 3.63) is 42.0 Å². The summed E-state index contributed by atoms with van der Waals surface area (Å²) in [5.41, 5.74) is 8.99. The summed E-state index contributed by atoms with van der Waals surface area (Å²) in [4.78, 5) is 26.0. The Bertz CT molecular complexity index is 1110. The van der Waals surface area contributed by atoms with Crippen molar-refractivity contribution in [2.75, 3.05) is 5.73 Å². The molecule has 32 heavy (non-hydrogen) atoms. The fraction of sp³-hybridized carbons (Fsp3) is 0.440. The lowest BCUT2D eigenvalue weighted by atomic mass is 9.95. The van der Waals surface area contributed by atoms with Crippen LogP contribution in [0.15, 0.2) is 36.4 Å². The predicted octanol–water partition coefficient (Wildman–Crippen LogP) is 4.90. The molecule has 3 aromatic rings. The van der Waals surface area contributed by atoms with Crippen LogP contribution >= 0.6 is 0 Å². The second-order valence-electron chi connectivity index (χ2n) is 9.05. The second-order valence-corrected chi connectivity index (χ2v) is 9.05. The van der Waals surface area contributed by atoms with Crippen LogP contribution in [-0.2, 0) is 0 Å². The zero-order valence-electron chi connectivity index (χ0n) is 19.0. The summed E-state index contributed by atoms with van der Waals surface area (Å²) in [5, 5.41) is 3.16. The lowest BCUT2D eigenvalue weighted by molar-refractivity contribution is 0.0927. The van der Waals surface area contributed by atoms with Crippen LogP contribution in [0.3, 0.4) is 0 Å². The van der Waals surface area contributed by atoms with E-state index in [2.05, 4.69) is 22.2 Å². The number of benzene rings is 1. The summed E-state index contributed by atoms with van der Waals surface area (Å²) >= 11 is 0. The highest BCUT2D eigenvalue weighted by atomic mass is 16.5. The Hall–Kier alpha value is -3.22. The van der Waals surface area contributed by atoms with Crippen LogP contribution in [0.2, 0.25) is 0 Å². The van der Waals surface area contributed by atoms with Gasteiger partial charge in [-0.3, -0.25) is 4.79 Å². The van der Waals surface area contributed by atoms with Crippen LogP contribution < -0.4 is 15.8 Å². The molecule has 0 bridgehead atoms. The predicted molar refractivity (Wildman–Crippen MR) is 127 cm³/mol. The first-order valence-electron chi connectivity index (χ1n) is 11.4. The maximum Gasteiger partial charge on any atom is 0.251 e. The third-order valence-electron chi connectivity index (χ3n) is 6.14. The zero-order chi connectivity index (χ0) is 22.7. The van der Waals surface area contributed by atoms with Gasteiger partial charge in [-0.2, -0.15) is 4.98 Å². The molecule has 1 aliphatic carbocycles. The standard InChI is InChI=1S/C25H31N5O2/c1-4-25(2,3)32-23-21-20(29-24(26)30-23)15-14-19(28-21)16-10-12-17(13-11-16)22(31)27-18-8-6-5-7-9-18/h10-15,18H,4-9H2,1-3H3,(H,27,31)(H2,26,29,30). The Morgan fingerprint density at radius 2 is 1.78 bits per heavy atom. The van der Waals surface area contributed by atoms with Crippen LogP contribution in [0.25, 0.3) is 22.3 Å². The molecular formula is C25H31N5O2. The quantitative estimate of drug-likeness (QED) is 0.573. The molecule has 1 aliphatic rings. The minimum Gasteiger partial charge on any atom is -0.470 e. The van der Waals surface area contributed by atoms with Gasteiger partial charge in [0.2, 0.25) is 11.8 Å². The molecule has 0 radical (unpaired) electrons. The van der Waals surface area contributed by atoms with E-state index < -0.39 is 5.60 Å². The van der Waals surface area contributed by atoms with E-state index in [0.717, 1.165) is 30.5 Å². The first-order chi connectivity index (χ1) is 15.3. The van der Waals surface area contributed by atoms with Crippen molar-refractivity contribution in [3.63, 3.8) is 0 Å². The highest BCUT2D eigenvalue weighted by molar-refractivity contribution is 5.95. The molecule has 3 N–H and O–H groups in total. The van der Waals surface area contributed by atoms with Gasteiger partial charge < -0.3 is 15.8 Å². The molecule has 0 spiro atoms. The molecule has 0 saturated heterocycles. The number of nitrogens with zero attached hydrogens (tertiary/aromatic N) is 3. The molecule has 2 aromatic heterocycles. The molecule has 168 valence electrons. The zero-order valence-corrected chi connectivity index (χ0v) is 19.0. The number of ether oxygens (including phenoxy) is 1. The van der Waals surface area contributed by atoms with E-state index in [9.17, 15) is 4.79 Å². The molecule has 7 nitrogen and oxygen atoms in total. The minimum absolute atomic E-state index is 0.0173. The molecular weight excluding hydrogens is 402 g/mol. The van der Waals surface area contributed by atoms with Crippen LogP contribution in [0, 0.1) is 0 Å². The van der Waals surface area contributed by atoms with Crippen molar-refractivity contribution < 1.29 is 9.53 Å². The number of amides is 1. The molecule has 1 aromatic carbocycles. The van der Waals surface area contributed by atoms with Crippen molar-refractivity contribution in [1.29, 1.82) is 0 Å². The van der Waals surface area contributed by atoms with Crippen molar-refractivity contribution in [3.8, 4) is 17.1 Å². The number of nitrogens with two attached hydrogens (primary N) is 1. The first kappa shape index (κ1) is 22.0. The summed E-state index contributed by atoms with van der Waals surface area (Å²) in [5.74, 6) is 0.517. The second kappa shape index (κ2) is 9.10. The number of nitrogen functional groups attached to an aromatic ring is 1. The van der Waals surface area contributed by atoms with Crippen molar-refractivity contribution in [2.45, 2.75) is 70.9 Å². The maximum absolute atomic E-state index is 12.6. The van der Waals surface area contributed by atoms with E-state index in [-0.39, 0.29) is 17.9 Å². The number of hydrogen-bond donors (Lipinski definition) is 2. The largest absolute Gasteiger partial charge is 0.470 e. The van der Waals surface area contributed by atoms with Gasteiger partial charge in [-0.15, -0.1) is 0 Å². The summed E-state index contributed by atoms with van der Waals surface area (Å²) in [6.45, 7) is 6.05. The van der Waals surface area contributed by atoms with Gasteiger partial charge in [0.15, 0.2) is 5.52 Å². The summed E-state index contributed by atoms with van der Waals surface area (Å²) in [6.07, 6.45) is 6.58. The van der Waals surface area contributed by atoms with E-state index in [1.807, 2.05) is 50.2 Å². The minimum atomic E-state index is -0.404. The Balaban J connectivity index is 1.59. The van der Waals surface area contributed by atoms with Gasteiger partial charge in [-0.25, -0.2) is 9.97 Å². The molecule has 1 amide bonds. The molecule has 1 saturated carbocycles. The fourth-order valence-corrected chi connectivity index (χ4v) is 3.88. The third-order valence-corrected chi connectivity index (χ3v) is 6.14. The number of anilines is 1. The van der Waals surface area contributed by atoms with Crippen LogP contribution in [0.4, 0.5) is 5.95 Å². The number of nitrogens with one attached hydrogen (secondary N) is 1. The van der Waals surface area contributed by atoms with E-state index in [1.54, 1.807) is 0 Å². The first-order valence-corrected chi connectivity index (χ1v) is 11.4. The Morgan fingerprint density at radius 3 is 2.47 bits per heavy atom. The smallest absolute Gasteiger partial charge is 0.251 e. The molecule has 7 heteroatoms. The number of carbonyl (C=O) groups is 1. The average molecular weight is 434 g/mol. The monoisotopic (exact) mass is 433 g/mol. The number of carbonyl (C=O) groups excluding carboxylic acids is 1. The van der Waals surface area contributed by atoms with E-state index in [0.29, 0.717) is 22.5 Å². The average Bonchev–Trinajstić information content (AvgIpc) is 2.79. The summed E-state index contributed by atoms with van der Waals surface area (Å²) in [7, 11) is 0. The molecule has 4 rings (SSSR count). The maximum atomic E-state index is 12.6. The van der Waals surface area contributed by atoms with Crippen LogP contribution in [-0.4, -0.2) is 32.5 Å². The molecule has 0 aliphatic heterocycles. The van der Waals surface area contributed by atoms with Gasteiger partial charge in [0, 0.05) is 17.2 Å². The number of pyridine rings is 1. The van der Waals surface area contributed by atoms with Crippen molar-refractivity contribution in [1.82, 2.24) is 20.3 Å². The van der Waals surface area contributed by atoms with Crippen molar-refractivity contribution in [2.24, 2.45) is 0 Å². The summed E-state index contributed by atoms with van der Waals surface area (Å²) < 4.78 is 6.11. The lowest BCUT2D eigenvalue weighted by Gasteiger charge is -2.24. The Morgan fingerprint density at radius 1 is 1.06 bits per heavy atom. The number of aromatic nitrogens is 3. The number of hydrogen-bond acceptors (Lipinski definition) is 6. The van der Waals surface area contributed by atoms with Crippen molar-refractivity contribution >= 4 is 22.9 Å².